The number of anilines is 2. The number of hydrogen-bond acceptors (Lipinski definition) is 4. The molecule has 0 spiro atoms. The number of para-hydroxylation sites is 1. The highest BCUT2D eigenvalue weighted by Gasteiger charge is 2.08. The van der Waals surface area contributed by atoms with Crippen molar-refractivity contribution >= 4 is 38.3 Å². The molecule has 1 heterocycles. The smallest absolute Gasteiger partial charge is 0.230 e. The normalized spacial score (nSPS) is 10.6. The van der Waals surface area contributed by atoms with Gasteiger partial charge in [0.1, 0.15) is 0 Å². The number of hydrogen-bond donors (Lipinski definition) is 2. The largest absolute Gasteiger partial charge is 0.399 e. The number of carbonyl (C=O) groups excluding carboxylic acids is 1. The van der Waals surface area contributed by atoms with Crippen LogP contribution in [0.2, 0.25) is 0 Å². The van der Waals surface area contributed by atoms with Gasteiger partial charge in [-0.1, -0.05) is 35.6 Å². The molecule has 3 aromatic rings. The third-order valence-corrected chi connectivity index (χ3v) is 3.81. The first kappa shape index (κ1) is 12.6. The van der Waals surface area contributed by atoms with Crippen molar-refractivity contribution in [2.45, 2.75) is 6.42 Å². The molecule has 0 fully saturated rings. The van der Waals surface area contributed by atoms with Gasteiger partial charge in [0.2, 0.25) is 5.91 Å². The van der Waals surface area contributed by atoms with E-state index < -0.39 is 0 Å². The Labute approximate surface area is 120 Å². The number of nitrogens with one attached hydrogen (secondary N) is 1. The van der Waals surface area contributed by atoms with E-state index in [1.54, 1.807) is 12.1 Å². The lowest BCUT2D eigenvalue weighted by atomic mass is 10.1. The van der Waals surface area contributed by atoms with Crippen LogP contribution in [0.25, 0.3) is 10.2 Å². The van der Waals surface area contributed by atoms with Gasteiger partial charge in [-0.05, 0) is 29.8 Å². The Bertz CT molecular complexity index is 733. The highest BCUT2D eigenvalue weighted by Crippen LogP contribution is 2.25. The van der Waals surface area contributed by atoms with E-state index in [2.05, 4.69) is 10.3 Å². The van der Waals surface area contributed by atoms with Crippen molar-refractivity contribution in [1.82, 2.24) is 4.98 Å². The van der Waals surface area contributed by atoms with E-state index in [0.29, 0.717) is 17.2 Å². The third kappa shape index (κ3) is 2.78. The number of amides is 1. The molecule has 0 unspecified atom stereocenters. The van der Waals surface area contributed by atoms with Crippen molar-refractivity contribution in [3.8, 4) is 0 Å². The lowest BCUT2D eigenvalue weighted by molar-refractivity contribution is -0.115. The summed E-state index contributed by atoms with van der Waals surface area (Å²) in [7, 11) is 0. The molecule has 0 aliphatic rings. The van der Waals surface area contributed by atoms with E-state index in [9.17, 15) is 4.79 Å². The van der Waals surface area contributed by atoms with Crippen LogP contribution in [0.1, 0.15) is 5.56 Å². The van der Waals surface area contributed by atoms with Crippen LogP contribution >= 0.6 is 11.3 Å². The lowest BCUT2D eigenvalue weighted by Crippen LogP contribution is -2.14. The van der Waals surface area contributed by atoms with Crippen LogP contribution in [0.5, 0.6) is 0 Å². The zero-order valence-corrected chi connectivity index (χ0v) is 11.5. The van der Waals surface area contributed by atoms with E-state index in [0.717, 1.165) is 15.8 Å². The van der Waals surface area contributed by atoms with E-state index in [1.165, 1.54) is 11.3 Å². The average molecular weight is 283 g/mol. The zero-order valence-electron chi connectivity index (χ0n) is 10.7. The van der Waals surface area contributed by atoms with E-state index >= 15 is 0 Å². The SMILES string of the molecule is Nc1cccc(CC(=O)Nc2nc3ccccc3s2)c1. The second-order valence-electron chi connectivity index (χ2n) is 4.46. The summed E-state index contributed by atoms with van der Waals surface area (Å²) in [6.07, 6.45) is 0.293. The number of carbonyl (C=O) groups is 1. The van der Waals surface area contributed by atoms with Crippen molar-refractivity contribution in [3.63, 3.8) is 0 Å². The topological polar surface area (TPSA) is 68.0 Å². The number of thiazole rings is 1. The van der Waals surface area contributed by atoms with Gasteiger partial charge in [-0.15, -0.1) is 0 Å². The Kier molecular flexibility index (Phi) is 3.35. The molecule has 20 heavy (non-hydrogen) atoms. The van der Waals surface area contributed by atoms with Crippen molar-refractivity contribution in [3.05, 3.63) is 54.1 Å². The van der Waals surface area contributed by atoms with E-state index in [-0.39, 0.29) is 5.91 Å². The molecule has 0 bridgehead atoms. The number of nitrogens with zero attached hydrogens (tertiary/aromatic N) is 1. The first-order valence-electron chi connectivity index (χ1n) is 6.20. The summed E-state index contributed by atoms with van der Waals surface area (Å²) in [6.45, 7) is 0. The molecule has 3 rings (SSSR count). The molecule has 0 aliphatic heterocycles. The number of aromatic nitrogens is 1. The van der Waals surface area contributed by atoms with Gasteiger partial charge in [-0.2, -0.15) is 0 Å². The summed E-state index contributed by atoms with van der Waals surface area (Å²) in [5.41, 5.74) is 8.15. The van der Waals surface area contributed by atoms with Gasteiger partial charge in [0, 0.05) is 5.69 Å². The molecule has 5 heteroatoms. The van der Waals surface area contributed by atoms with Crippen LogP contribution in [0.4, 0.5) is 10.8 Å². The summed E-state index contributed by atoms with van der Waals surface area (Å²) in [4.78, 5) is 16.4. The van der Waals surface area contributed by atoms with Crippen LogP contribution in [-0.4, -0.2) is 10.9 Å². The van der Waals surface area contributed by atoms with Gasteiger partial charge in [0.05, 0.1) is 16.6 Å². The fourth-order valence-electron chi connectivity index (χ4n) is 1.98. The minimum atomic E-state index is -0.0883. The van der Waals surface area contributed by atoms with Gasteiger partial charge in [-0.3, -0.25) is 4.79 Å². The molecule has 4 nitrogen and oxygen atoms in total. The van der Waals surface area contributed by atoms with Gasteiger partial charge in [0.25, 0.3) is 0 Å². The van der Waals surface area contributed by atoms with Gasteiger partial charge >= 0.3 is 0 Å². The van der Waals surface area contributed by atoms with Crippen LogP contribution in [0.15, 0.2) is 48.5 Å². The van der Waals surface area contributed by atoms with Gasteiger partial charge < -0.3 is 11.1 Å². The minimum Gasteiger partial charge on any atom is -0.399 e. The highest BCUT2D eigenvalue weighted by atomic mass is 32.1. The second-order valence-corrected chi connectivity index (χ2v) is 5.49. The summed E-state index contributed by atoms with van der Waals surface area (Å²) < 4.78 is 1.06. The predicted molar refractivity (Wildman–Crippen MR) is 82.8 cm³/mol. The predicted octanol–water partition coefficient (Wildman–Crippen LogP) is 3.06. The van der Waals surface area contributed by atoms with E-state index in [1.807, 2.05) is 36.4 Å². The van der Waals surface area contributed by atoms with Gasteiger partial charge in [-0.25, -0.2) is 4.98 Å². The van der Waals surface area contributed by atoms with Crippen molar-refractivity contribution in [2.75, 3.05) is 11.1 Å². The maximum absolute atomic E-state index is 12.0. The quantitative estimate of drug-likeness (QED) is 0.726. The standard InChI is InChI=1S/C15H13N3OS/c16-11-5-3-4-10(8-11)9-14(19)18-15-17-12-6-1-2-7-13(12)20-15/h1-8H,9,16H2,(H,17,18,19). The number of nitrogen functional groups attached to an aromatic ring is 1. The van der Waals surface area contributed by atoms with Gasteiger partial charge in [0.15, 0.2) is 5.13 Å². The molecular weight excluding hydrogens is 270 g/mol. The summed E-state index contributed by atoms with van der Waals surface area (Å²) >= 11 is 1.47. The summed E-state index contributed by atoms with van der Waals surface area (Å²) in [6, 6.07) is 15.1. The lowest BCUT2D eigenvalue weighted by Gasteiger charge is -2.02. The molecule has 100 valence electrons. The monoisotopic (exact) mass is 283 g/mol. The number of fused-ring (bicyclic) bond motifs is 1. The Morgan fingerprint density at radius 3 is 2.85 bits per heavy atom. The van der Waals surface area contributed by atoms with Crippen LogP contribution in [0.3, 0.4) is 0 Å². The summed E-state index contributed by atoms with van der Waals surface area (Å²) in [5, 5.41) is 3.45. The Balaban J connectivity index is 1.72. The van der Waals surface area contributed by atoms with Crippen LogP contribution < -0.4 is 11.1 Å². The summed E-state index contributed by atoms with van der Waals surface area (Å²) in [5.74, 6) is -0.0883. The number of nitrogens with two attached hydrogens (primary N) is 1. The third-order valence-electron chi connectivity index (χ3n) is 2.86. The fourth-order valence-corrected chi connectivity index (χ4v) is 2.86. The van der Waals surface area contributed by atoms with Crippen molar-refractivity contribution in [1.29, 1.82) is 0 Å². The second kappa shape index (κ2) is 5.30. The maximum Gasteiger partial charge on any atom is 0.230 e. The molecule has 0 saturated carbocycles. The van der Waals surface area contributed by atoms with Crippen LogP contribution in [0, 0.1) is 0 Å². The first-order chi connectivity index (χ1) is 9.70. The molecule has 0 aliphatic carbocycles. The van der Waals surface area contributed by atoms with E-state index in [4.69, 9.17) is 5.73 Å². The Morgan fingerprint density at radius 2 is 2.05 bits per heavy atom. The van der Waals surface area contributed by atoms with Crippen molar-refractivity contribution < 1.29 is 4.79 Å². The minimum absolute atomic E-state index is 0.0883. The maximum atomic E-state index is 12.0. The molecule has 1 amide bonds. The Hall–Kier alpha value is -2.40. The fraction of sp³-hybridized carbons (Fsp3) is 0.0667. The number of benzene rings is 2. The zero-order chi connectivity index (χ0) is 13.9. The molecule has 2 aromatic carbocycles. The van der Waals surface area contributed by atoms with Crippen molar-refractivity contribution in [2.24, 2.45) is 0 Å². The molecule has 0 atom stereocenters. The molecule has 3 N–H and O–H groups in total. The first-order valence-corrected chi connectivity index (χ1v) is 7.02. The van der Waals surface area contributed by atoms with Crippen LogP contribution in [-0.2, 0) is 11.2 Å². The highest BCUT2D eigenvalue weighted by molar-refractivity contribution is 7.22. The molecular formula is C15H13N3OS. The molecule has 1 aromatic heterocycles. The average Bonchev–Trinajstić information content (AvgIpc) is 2.80. The molecule has 0 radical (unpaired) electrons. The number of rotatable bonds is 3. The molecule has 0 saturated heterocycles. The Morgan fingerprint density at radius 1 is 1.20 bits per heavy atom.